The summed E-state index contributed by atoms with van der Waals surface area (Å²) in [5.41, 5.74) is 6.68. The Hall–Kier alpha value is -3.59. The molecule has 0 saturated carbocycles. The zero-order valence-corrected chi connectivity index (χ0v) is 28.9. The molecule has 0 saturated heterocycles. The molecule has 9 heteroatoms. The van der Waals surface area contributed by atoms with Gasteiger partial charge in [0.25, 0.3) is 0 Å². The Bertz CT molecular complexity index is 1610. The van der Waals surface area contributed by atoms with Crippen molar-refractivity contribution in [2.45, 2.75) is 59.9 Å². The SMILES string of the molecule is Cc1oc(-c2ccc(-c3ccccc3)cc2)nc1CCOc1ccc(CCC(=O)[O-])c2c1CCN(C(=O)OCC(C)(C)C)C2.[Na+]. The Kier molecular flexibility index (Phi) is 11.5. The average molecular weight is 619 g/mol. The van der Waals surface area contributed by atoms with Crippen molar-refractivity contribution >= 4 is 12.1 Å². The predicted octanol–water partition coefficient (Wildman–Crippen LogP) is 3.17. The van der Waals surface area contributed by atoms with E-state index in [2.05, 4.69) is 24.3 Å². The van der Waals surface area contributed by atoms with Crippen LogP contribution in [0.1, 0.15) is 55.3 Å². The number of aryl methyl sites for hydroxylation is 2. The zero-order chi connectivity index (χ0) is 31.3. The maximum atomic E-state index is 12.8. The summed E-state index contributed by atoms with van der Waals surface area (Å²) in [7, 11) is 0. The molecular weight excluding hydrogens is 579 g/mol. The monoisotopic (exact) mass is 618 g/mol. The van der Waals surface area contributed by atoms with Crippen molar-refractivity contribution < 1.29 is 58.1 Å². The maximum Gasteiger partial charge on any atom is 1.00 e. The van der Waals surface area contributed by atoms with E-state index in [1.807, 2.05) is 70.2 Å². The van der Waals surface area contributed by atoms with Gasteiger partial charge in [-0.2, -0.15) is 0 Å². The molecule has 1 amide bonds. The summed E-state index contributed by atoms with van der Waals surface area (Å²) in [5.74, 6) is 0.952. The Morgan fingerprint density at radius 3 is 2.31 bits per heavy atom. The van der Waals surface area contributed by atoms with E-state index < -0.39 is 5.97 Å². The number of hydrogen-bond donors (Lipinski definition) is 0. The zero-order valence-electron chi connectivity index (χ0n) is 26.9. The van der Waals surface area contributed by atoms with Crippen LogP contribution in [-0.4, -0.2) is 41.7 Å². The average Bonchev–Trinajstić information content (AvgIpc) is 3.39. The van der Waals surface area contributed by atoms with E-state index in [0.29, 0.717) is 51.5 Å². The third-order valence-electron chi connectivity index (χ3n) is 7.68. The molecule has 1 aliphatic rings. The fourth-order valence-corrected chi connectivity index (χ4v) is 5.32. The molecule has 0 fully saturated rings. The first-order chi connectivity index (χ1) is 21.1. The van der Waals surface area contributed by atoms with Crippen LogP contribution in [0, 0.1) is 12.3 Å². The number of carbonyl (C=O) groups excluding carboxylic acids is 2. The first-order valence-electron chi connectivity index (χ1n) is 15.1. The van der Waals surface area contributed by atoms with Crippen LogP contribution >= 0.6 is 0 Å². The molecule has 4 aromatic rings. The fourth-order valence-electron chi connectivity index (χ4n) is 5.32. The number of rotatable bonds is 10. The molecule has 2 heterocycles. The van der Waals surface area contributed by atoms with Gasteiger partial charge in [0, 0.05) is 36.6 Å². The second-order valence-corrected chi connectivity index (χ2v) is 12.4. The van der Waals surface area contributed by atoms with Gasteiger partial charge in [-0.25, -0.2) is 9.78 Å². The smallest absolute Gasteiger partial charge is 0.550 e. The fraction of sp³-hybridized carbons (Fsp3) is 0.361. The second kappa shape index (κ2) is 15.1. The van der Waals surface area contributed by atoms with Crippen LogP contribution in [0.3, 0.4) is 0 Å². The summed E-state index contributed by atoms with van der Waals surface area (Å²) in [6, 6.07) is 22.2. The first kappa shape index (κ1) is 34.3. The predicted molar refractivity (Wildman–Crippen MR) is 166 cm³/mol. The molecule has 0 aliphatic carbocycles. The molecule has 1 aromatic heterocycles. The third kappa shape index (κ3) is 9.00. The second-order valence-electron chi connectivity index (χ2n) is 12.4. The Labute approximate surface area is 287 Å². The quantitative estimate of drug-likeness (QED) is 0.252. The Morgan fingerprint density at radius 1 is 0.933 bits per heavy atom. The molecule has 230 valence electrons. The summed E-state index contributed by atoms with van der Waals surface area (Å²) in [6.07, 6.45) is 1.01. The summed E-state index contributed by atoms with van der Waals surface area (Å²) < 4.78 is 17.8. The van der Waals surface area contributed by atoms with E-state index >= 15 is 0 Å². The van der Waals surface area contributed by atoms with Crippen LogP contribution in [0.2, 0.25) is 0 Å². The molecule has 0 unspecified atom stereocenters. The van der Waals surface area contributed by atoms with Crippen LogP contribution in [-0.2, 0) is 35.3 Å². The van der Waals surface area contributed by atoms with Gasteiger partial charge in [0.1, 0.15) is 11.5 Å². The number of nitrogens with zero attached hydrogens (tertiary/aromatic N) is 2. The van der Waals surface area contributed by atoms with Crippen molar-refractivity contribution in [2.75, 3.05) is 19.8 Å². The van der Waals surface area contributed by atoms with Crippen molar-refractivity contribution in [3.63, 3.8) is 0 Å². The number of amides is 1. The van der Waals surface area contributed by atoms with Gasteiger partial charge in [0.05, 0.1) is 18.9 Å². The molecule has 0 N–H and O–H groups in total. The third-order valence-corrected chi connectivity index (χ3v) is 7.68. The minimum absolute atomic E-state index is 0. The molecule has 45 heavy (non-hydrogen) atoms. The number of fused-ring (bicyclic) bond motifs is 1. The van der Waals surface area contributed by atoms with Crippen LogP contribution in [0.4, 0.5) is 4.79 Å². The Balaban J connectivity index is 0.00000461. The molecule has 0 bridgehead atoms. The van der Waals surface area contributed by atoms with Crippen molar-refractivity contribution in [1.82, 2.24) is 9.88 Å². The van der Waals surface area contributed by atoms with E-state index in [0.717, 1.165) is 50.6 Å². The summed E-state index contributed by atoms with van der Waals surface area (Å²) >= 11 is 0. The minimum atomic E-state index is -1.11. The number of ether oxygens (including phenoxy) is 2. The molecule has 5 rings (SSSR count). The van der Waals surface area contributed by atoms with Crippen molar-refractivity contribution in [1.29, 1.82) is 0 Å². The van der Waals surface area contributed by atoms with Gasteiger partial charge in [-0.05, 0) is 72.1 Å². The van der Waals surface area contributed by atoms with E-state index in [1.54, 1.807) is 4.90 Å². The molecule has 3 aromatic carbocycles. The van der Waals surface area contributed by atoms with Crippen LogP contribution in [0.25, 0.3) is 22.6 Å². The van der Waals surface area contributed by atoms with Gasteiger partial charge < -0.3 is 28.7 Å². The number of hydrogen-bond acceptors (Lipinski definition) is 7. The van der Waals surface area contributed by atoms with Gasteiger partial charge in [0.2, 0.25) is 5.89 Å². The van der Waals surface area contributed by atoms with Crippen LogP contribution in [0.15, 0.2) is 71.1 Å². The first-order valence-corrected chi connectivity index (χ1v) is 15.1. The Morgan fingerprint density at radius 2 is 1.62 bits per heavy atom. The molecular formula is C36H39N2NaO6. The van der Waals surface area contributed by atoms with E-state index in [4.69, 9.17) is 18.9 Å². The van der Waals surface area contributed by atoms with Crippen molar-refractivity contribution in [3.05, 3.63) is 94.9 Å². The molecule has 8 nitrogen and oxygen atoms in total. The minimum Gasteiger partial charge on any atom is -0.550 e. The molecule has 0 atom stereocenters. The molecule has 1 aliphatic heterocycles. The summed E-state index contributed by atoms with van der Waals surface area (Å²) in [6.45, 7) is 9.48. The van der Waals surface area contributed by atoms with Crippen LogP contribution < -0.4 is 39.4 Å². The van der Waals surface area contributed by atoms with E-state index in [9.17, 15) is 14.7 Å². The van der Waals surface area contributed by atoms with Crippen molar-refractivity contribution in [2.24, 2.45) is 5.41 Å². The standard InChI is InChI=1S/C36H40N2O6.Na/c1-24-31(37-34(44-24)28-12-10-26(11-13-28)25-8-6-5-7-9-25)19-21-42-32-16-14-27(15-17-33(39)40)30-22-38(20-18-29(30)32)35(41)43-23-36(2,3)4;/h5-14,16H,15,17-23H2,1-4H3,(H,39,40);/q;+1/p-1. The topological polar surface area (TPSA) is 105 Å². The van der Waals surface area contributed by atoms with Crippen molar-refractivity contribution in [3.8, 4) is 28.3 Å². The number of benzene rings is 3. The number of carboxylic acid groups (broad SMARTS) is 1. The molecule has 0 radical (unpaired) electrons. The van der Waals surface area contributed by atoms with E-state index in [-0.39, 0.29) is 47.5 Å². The maximum absolute atomic E-state index is 12.8. The summed E-state index contributed by atoms with van der Waals surface area (Å²) in [5, 5.41) is 11.2. The van der Waals surface area contributed by atoms with Gasteiger partial charge in [-0.15, -0.1) is 0 Å². The molecule has 0 spiro atoms. The van der Waals surface area contributed by atoms with Crippen LogP contribution in [0.5, 0.6) is 5.75 Å². The number of carbonyl (C=O) groups is 2. The number of oxazole rings is 1. The van der Waals surface area contributed by atoms with Gasteiger partial charge >= 0.3 is 35.7 Å². The van der Waals surface area contributed by atoms with E-state index in [1.165, 1.54) is 0 Å². The number of carboxylic acids is 1. The normalized spacial score (nSPS) is 12.7. The van der Waals surface area contributed by atoms with Gasteiger partial charge in [-0.3, -0.25) is 0 Å². The van der Waals surface area contributed by atoms with Gasteiger partial charge in [-0.1, -0.05) is 69.3 Å². The van der Waals surface area contributed by atoms with Gasteiger partial charge in [0.15, 0.2) is 0 Å². The number of aromatic nitrogens is 1. The summed E-state index contributed by atoms with van der Waals surface area (Å²) in [4.78, 5) is 30.4. The largest absolute Gasteiger partial charge is 1.00 e. The number of aliphatic carboxylic acids is 1.